The molecule has 0 fully saturated rings. The van der Waals surface area contributed by atoms with Gasteiger partial charge in [-0.05, 0) is 30.9 Å². The van der Waals surface area contributed by atoms with E-state index in [4.69, 9.17) is 15.2 Å². The van der Waals surface area contributed by atoms with Crippen LogP contribution in [-0.2, 0) is 16.3 Å². The SMILES string of the molecule is CCC(N)Cc1cccc(OC)c1OCCCS(C)(=O)=O. The number of methoxy groups -OCH3 is 1. The van der Waals surface area contributed by atoms with Gasteiger partial charge in [0.05, 0.1) is 19.5 Å². The van der Waals surface area contributed by atoms with E-state index < -0.39 is 9.84 Å². The fraction of sp³-hybridized carbons (Fsp3) is 0.600. The molecule has 0 saturated heterocycles. The molecule has 1 rings (SSSR count). The van der Waals surface area contributed by atoms with Crippen LogP contribution >= 0.6 is 0 Å². The molecular formula is C15H25NO4S. The van der Waals surface area contributed by atoms with Crippen molar-refractivity contribution in [1.82, 2.24) is 0 Å². The monoisotopic (exact) mass is 315 g/mol. The fourth-order valence-electron chi connectivity index (χ4n) is 1.97. The summed E-state index contributed by atoms with van der Waals surface area (Å²) in [6, 6.07) is 5.76. The number of para-hydroxylation sites is 1. The zero-order valence-electron chi connectivity index (χ0n) is 13.0. The van der Waals surface area contributed by atoms with Crippen LogP contribution in [0.5, 0.6) is 11.5 Å². The van der Waals surface area contributed by atoms with Gasteiger partial charge in [0, 0.05) is 12.3 Å². The molecule has 0 spiro atoms. The standard InChI is InChI=1S/C15H25NO4S/c1-4-13(16)11-12-7-5-8-14(19-2)15(12)20-9-6-10-21(3,17)18/h5,7-8,13H,4,6,9-11,16H2,1-3H3. The summed E-state index contributed by atoms with van der Waals surface area (Å²) in [5.41, 5.74) is 6.99. The number of nitrogens with two attached hydrogens (primary N) is 1. The maximum absolute atomic E-state index is 11.1. The van der Waals surface area contributed by atoms with Crippen molar-refractivity contribution in [3.05, 3.63) is 23.8 Å². The lowest BCUT2D eigenvalue weighted by atomic mass is 10.0. The highest BCUT2D eigenvalue weighted by Crippen LogP contribution is 2.32. The van der Waals surface area contributed by atoms with Crippen LogP contribution in [0.4, 0.5) is 0 Å². The number of hydrogen-bond acceptors (Lipinski definition) is 5. The Kier molecular flexibility index (Phi) is 6.98. The highest BCUT2D eigenvalue weighted by molar-refractivity contribution is 7.90. The van der Waals surface area contributed by atoms with Gasteiger partial charge in [-0.2, -0.15) is 0 Å². The molecule has 120 valence electrons. The quantitative estimate of drug-likeness (QED) is 0.703. The zero-order chi connectivity index (χ0) is 15.9. The second kappa shape index (κ2) is 8.24. The Balaban J connectivity index is 2.77. The van der Waals surface area contributed by atoms with E-state index >= 15 is 0 Å². The predicted octanol–water partition coefficient (Wildman–Crippen LogP) is 1.79. The summed E-state index contributed by atoms with van der Waals surface area (Å²) in [4.78, 5) is 0. The third kappa shape index (κ3) is 6.35. The predicted molar refractivity (Wildman–Crippen MR) is 84.8 cm³/mol. The average molecular weight is 315 g/mol. The van der Waals surface area contributed by atoms with E-state index in [2.05, 4.69) is 0 Å². The molecule has 6 heteroatoms. The summed E-state index contributed by atoms with van der Waals surface area (Å²) in [5.74, 6) is 1.43. The first-order valence-electron chi connectivity index (χ1n) is 7.09. The van der Waals surface area contributed by atoms with Gasteiger partial charge in [0.25, 0.3) is 0 Å². The second-order valence-electron chi connectivity index (χ2n) is 5.15. The zero-order valence-corrected chi connectivity index (χ0v) is 13.8. The average Bonchev–Trinajstić information content (AvgIpc) is 2.43. The van der Waals surface area contributed by atoms with Crippen molar-refractivity contribution in [2.24, 2.45) is 5.73 Å². The number of benzene rings is 1. The summed E-state index contributed by atoms with van der Waals surface area (Å²) in [6.45, 7) is 2.37. The third-order valence-corrected chi connectivity index (χ3v) is 4.22. The molecular weight excluding hydrogens is 290 g/mol. The number of ether oxygens (including phenoxy) is 2. The lowest BCUT2D eigenvalue weighted by Gasteiger charge is -2.17. The van der Waals surface area contributed by atoms with Gasteiger partial charge in [-0.3, -0.25) is 0 Å². The van der Waals surface area contributed by atoms with Crippen LogP contribution in [0.3, 0.4) is 0 Å². The minimum Gasteiger partial charge on any atom is -0.493 e. The minimum atomic E-state index is -2.96. The van der Waals surface area contributed by atoms with Crippen molar-refractivity contribution >= 4 is 9.84 Å². The summed E-state index contributed by atoms with van der Waals surface area (Å²) < 4.78 is 33.3. The van der Waals surface area contributed by atoms with Crippen LogP contribution in [0.25, 0.3) is 0 Å². The normalized spacial score (nSPS) is 13.0. The molecule has 0 aliphatic heterocycles. The molecule has 2 N–H and O–H groups in total. The lowest BCUT2D eigenvalue weighted by molar-refractivity contribution is 0.291. The molecule has 21 heavy (non-hydrogen) atoms. The van der Waals surface area contributed by atoms with Crippen LogP contribution in [0.15, 0.2) is 18.2 Å². The van der Waals surface area contributed by atoms with Gasteiger partial charge >= 0.3 is 0 Å². The molecule has 1 unspecified atom stereocenters. The van der Waals surface area contributed by atoms with Crippen LogP contribution in [-0.4, -0.2) is 40.2 Å². The van der Waals surface area contributed by atoms with E-state index in [9.17, 15) is 8.42 Å². The van der Waals surface area contributed by atoms with E-state index in [1.165, 1.54) is 6.26 Å². The molecule has 1 aromatic rings. The largest absolute Gasteiger partial charge is 0.493 e. The summed E-state index contributed by atoms with van der Waals surface area (Å²) in [6.07, 6.45) is 3.26. The lowest BCUT2D eigenvalue weighted by Crippen LogP contribution is -2.22. The number of sulfone groups is 1. The van der Waals surface area contributed by atoms with Gasteiger partial charge < -0.3 is 15.2 Å². The van der Waals surface area contributed by atoms with Gasteiger partial charge in [-0.15, -0.1) is 0 Å². The van der Waals surface area contributed by atoms with Crippen LogP contribution in [0, 0.1) is 0 Å². The van der Waals surface area contributed by atoms with Crippen LogP contribution in [0.1, 0.15) is 25.3 Å². The number of hydrogen-bond donors (Lipinski definition) is 1. The maximum atomic E-state index is 11.1. The van der Waals surface area contributed by atoms with E-state index in [1.807, 2.05) is 25.1 Å². The van der Waals surface area contributed by atoms with Crippen molar-refractivity contribution in [2.45, 2.75) is 32.2 Å². The summed E-state index contributed by atoms with van der Waals surface area (Å²) in [5, 5.41) is 0. The molecule has 1 atom stereocenters. The molecule has 0 bridgehead atoms. The Hall–Kier alpha value is -1.27. The van der Waals surface area contributed by atoms with Gasteiger partial charge in [0.15, 0.2) is 11.5 Å². The van der Waals surface area contributed by atoms with Gasteiger partial charge in [0.1, 0.15) is 9.84 Å². The minimum absolute atomic E-state index is 0.0653. The van der Waals surface area contributed by atoms with Crippen molar-refractivity contribution in [3.63, 3.8) is 0 Å². The molecule has 0 saturated carbocycles. The molecule has 0 aromatic heterocycles. The Morgan fingerprint density at radius 1 is 1.33 bits per heavy atom. The Morgan fingerprint density at radius 2 is 2.05 bits per heavy atom. The highest BCUT2D eigenvalue weighted by Gasteiger charge is 2.13. The first-order chi connectivity index (χ1) is 9.87. The highest BCUT2D eigenvalue weighted by atomic mass is 32.2. The summed E-state index contributed by atoms with van der Waals surface area (Å²) >= 11 is 0. The molecule has 0 radical (unpaired) electrons. The van der Waals surface area contributed by atoms with E-state index in [1.54, 1.807) is 7.11 Å². The smallest absolute Gasteiger partial charge is 0.164 e. The molecule has 0 heterocycles. The molecule has 0 aliphatic carbocycles. The first kappa shape index (κ1) is 17.8. The molecule has 0 aliphatic rings. The van der Waals surface area contributed by atoms with Gasteiger partial charge in [-0.1, -0.05) is 19.1 Å². The molecule has 1 aromatic carbocycles. The van der Waals surface area contributed by atoms with E-state index in [0.29, 0.717) is 30.9 Å². The number of rotatable bonds is 9. The van der Waals surface area contributed by atoms with Crippen molar-refractivity contribution < 1.29 is 17.9 Å². The topological polar surface area (TPSA) is 78.6 Å². The van der Waals surface area contributed by atoms with Crippen molar-refractivity contribution in [3.8, 4) is 11.5 Å². The van der Waals surface area contributed by atoms with E-state index in [0.717, 1.165) is 12.0 Å². The Labute approximate surface area is 127 Å². The summed E-state index contributed by atoms with van der Waals surface area (Å²) in [7, 11) is -1.37. The Bertz CT molecular complexity index is 543. The van der Waals surface area contributed by atoms with Crippen molar-refractivity contribution in [1.29, 1.82) is 0 Å². The third-order valence-electron chi connectivity index (χ3n) is 3.19. The second-order valence-corrected chi connectivity index (χ2v) is 7.41. The van der Waals surface area contributed by atoms with Crippen LogP contribution in [0.2, 0.25) is 0 Å². The molecule has 0 amide bonds. The van der Waals surface area contributed by atoms with Gasteiger partial charge in [0.2, 0.25) is 0 Å². The van der Waals surface area contributed by atoms with Crippen LogP contribution < -0.4 is 15.2 Å². The Morgan fingerprint density at radius 3 is 2.62 bits per heavy atom. The van der Waals surface area contributed by atoms with Crippen molar-refractivity contribution in [2.75, 3.05) is 25.7 Å². The first-order valence-corrected chi connectivity index (χ1v) is 9.15. The van der Waals surface area contributed by atoms with Gasteiger partial charge in [-0.25, -0.2) is 8.42 Å². The molecule has 5 nitrogen and oxygen atoms in total. The maximum Gasteiger partial charge on any atom is 0.164 e. The fourth-order valence-corrected chi connectivity index (χ4v) is 2.61. The van der Waals surface area contributed by atoms with E-state index in [-0.39, 0.29) is 11.8 Å².